The molecule has 0 unspecified atom stereocenters. The molecule has 1 aliphatic rings. The van der Waals surface area contributed by atoms with E-state index in [1.54, 1.807) is 0 Å². The number of nitrogens with zero attached hydrogens (tertiary/aromatic N) is 1. The number of hydrogen-bond acceptors (Lipinski definition) is 1. The Kier molecular flexibility index (Phi) is 2.55. The highest BCUT2D eigenvalue weighted by molar-refractivity contribution is 14.1. The standard InChI is InChI=1S/C7H12INO/c1-5-3-4-6(2)9(5)7(8)10/h5-6H,3-4H2,1-2H3/t5-,6+. The summed E-state index contributed by atoms with van der Waals surface area (Å²) in [4.78, 5) is 12.9. The molecule has 1 aliphatic heterocycles. The van der Waals surface area contributed by atoms with Gasteiger partial charge in [0, 0.05) is 34.7 Å². The zero-order valence-electron chi connectivity index (χ0n) is 6.30. The van der Waals surface area contributed by atoms with E-state index >= 15 is 0 Å². The Morgan fingerprint density at radius 2 is 1.80 bits per heavy atom. The molecule has 0 aromatic heterocycles. The fourth-order valence-electron chi connectivity index (χ4n) is 1.54. The van der Waals surface area contributed by atoms with Crippen LogP contribution in [0.3, 0.4) is 0 Å². The van der Waals surface area contributed by atoms with Gasteiger partial charge in [-0.3, -0.25) is 4.79 Å². The van der Waals surface area contributed by atoms with Gasteiger partial charge < -0.3 is 4.90 Å². The van der Waals surface area contributed by atoms with Crippen LogP contribution in [0.1, 0.15) is 26.7 Å². The third-order valence-electron chi connectivity index (χ3n) is 2.15. The normalized spacial score (nSPS) is 32.9. The van der Waals surface area contributed by atoms with Crippen molar-refractivity contribution in [1.29, 1.82) is 0 Å². The van der Waals surface area contributed by atoms with E-state index in [-0.39, 0.29) is 3.91 Å². The first-order valence-electron chi connectivity index (χ1n) is 3.60. The number of carbonyl (C=O) groups excluding carboxylic acids is 1. The van der Waals surface area contributed by atoms with Gasteiger partial charge in [0.2, 0.25) is 0 Å². The molecular weight excluding hydrogens is 241 g/mol. The Morgan fingerprint density at radius 3 is 2.00 bits per heavy atom. The van der Waals surface area contributed by atoms with E-state index in [1.165, 1.54) is 0 Å². The molecule has 0 bridgehead atoms. The molecule has 2 nitrogen and oxygen atoms in total. The minimum Gasteiger partial charge on any atom is -0.329 e. The first kappa shape index (κ1) is 8.30. The summed E-state index contributed by atoms with van der Waals surface area (Å²) in [6.45, 7) is 4.22. The Bertz CT molecular complexity index is 139. The van der Waals surface area contributed by atoms with Crippen LogP contribution in [0.2, 0.25) is 0 Å². The zero-order valence-corrected chi connectivity index (χ0v) is 8.46. The molecule has 1 fully saturated rings. The zero-order chi connectivity index (χ0) is 7.72. The van der Waals surface area contributed by atoms with Crippen LogP contribution in [0.5, 0.6) is 0 Å². The maximum Gasteiger partial charge on any atom is 0.283 e. The minimum absolute atomic E-state index is 0.190. The van der Waals surface area contributed by atoms with Gasteiger partial charge in [-0.15, -0.1) is 0 Å². The lowest BCUT2D eigenvalue weighted by molar-refractivity contribution is 0.209. The predicted octanol–water partition coefficient (Wildman–Crippen LogP) is 2.41. The second-order valence-electron chi connectivity index (χ2n) is 2.94. The van der Waals surface area contributed by atoms with Crippen LogP contribution in [0, 0.1) is 0 Å². The number of halogens is 1. The Morgan fingerprint density at radius 1 is 1.40 bits per heavy atom. The maximum absolute atomic E-state index is 11.0. The number of carbonyl (C=O) groups is 1. The Labute approximate surface area is 75.1 Å². The highest BCUT2D eigenvalue weighted by atomic mass is 127. The van der Waals surface area contributed by atoms with E-state index in [1.807, 2.05) is 27.5 Å². The fraction of sp³-hybridized carbons (Fsp3) is 0.857. The summed E-state index contributed by atoms with van der Waals surface area (Å²) in [7, 11) is 0. The molecule has 0 spiro atoms. The molecule has 2 atom stereocenters. The van der Waals surface area contributed by atoms with Gasteiger partial charge in [-0.1, -0.05) is 0 Å². The molecule has 1 saturated heterocycles. The maximum atomic E-state index is 11.0. The summed E-state index contributed by atoms with van der Waals surface area (Å²) in [6.07, 6.45) is 2.33. The summed E-state index contributed by atoms with van der Waals surface area (Å²) < 4.78 is 0.190. The molecule has 1 amide bonds. The van der Waals surface area contributed by atoms with Crippen molar-refractivity contribution in [1.82, 2.24) is 4.90 Å². The van der Waals surface area contributed by atoms with E-state index in [2.05, 4.69) is 13.8 Å². The fourth-order valence-corrected chi connectivity index (χ4v) is 2.49. The summed E-state index contributed by atoms with van der Waals surface area (Å²) in [5.41, 5.74) is 0. The first-order valence-corrected chi connectivity index (χ1v) is 4.68. The second kappa shape index (κ2) is 3.07. The summed E-state index contributed by atoms with van der Waals surface area (Å²) in [5, 5.41) is 0. The third-order valence-corrected chi connectivity index (χ3v) is 2.71. The van der Waals surface area contributed by atoms with Gasteiger partial charge in [0.05, 0.1) is 0 Å². The van der Waals surface area contributed by atoms with Crippen LogP contribution in [-0.2, 0) is 0 Å². The van der Waals surface area contributed by atoms with Crippen LogP contribution < -0.4 is 0 Å². The van der Waals surface area contributed by atoms with Gasteiger partial charge in [0.15, 0.2) is 0 Å². The number of hydrogen-bond donors (Lipinski definition) is 0. The Balaban J connectivity index is 2.63. The van der Waals surface area contributed by atoms with Crippen LogP contribution in [0.25, 0.3) is 0 Å². The Hall–Kier alpha value is 0.200. The van der Waals surface area contributed by atoms with Crippen molar-refractivity contribution in [2.45, 2.75) is 38.8 Å². The van der Waals surface area contributed by atoms with Crippen molar-refractivity contribution in [3.63, 3.8) is 0 Å². The lowest BCUT2D eigenvalue weighted by Gasteiger charge is -2.23. The monoisotopic (exact) mass is 253 g/mol. The van der Waals surface area contributed by atoms with Crippen LogP contribution in [-0.4, -0.2) is 20.9 Å². The summed E-state index contributed by atoms with van der Waals surface area (Å²) >= 11 is 1.86. The van der Waals surface area contributed by atoms with Crippen LogP contribution in [0.15, 0.2) is 0 Å². The molecule has 1 heterocycles. The molecule has 0 aromatic carbocycles. The molecule has 0 aromatic rings. The van der Waals surface area contributed by atoms with Gasteiger partial charge in [-0.25, -0.2) is 0 Å². The smallest absolute Gasteiger partial charge is 0.283 e. The molecule has 0 N–H and O–H groups in total. The van der Waals surface area contributed by atoms with Crippen molar-refractivity contribution in [2.24, 2.45) is 0 Å². The molecule has 0 radical (unpaired) electrons. The van der Waals surface area contributed by atoms with Gasteiger partial charge in [-0.05, 0) is 26.7 Å². The summed E-state index contributed by atoms with van der Waals surface area (Å²) in [5.74, 6) is 0. The molecule has 10 heavy (non-hydrogen) atoms. The highest BCUT2D eigenvalue weighted by Crippen LogP contribution is 2.25. The van der Waals surface area contributed by atoms with E-state index < -0.39 is 0 Å². The van der Waals surface area contributed by atoms with Crippen LogP contribution in [0.4, 0.5) is 4.79 Å². The quantitative estimate of drug-likeness (QED) is 0.369. The van der Waals surface area contributed by atoms with E-state index in [0.717, 1.165) is 12.8 Å². The average molecular weight is 253 g/mol. The highest BCUT2D eigenvalue weighted by Gasteiger charge is 2.29. The molecule has 0 aliphatic carbocycles. The molecule has 1 rings (SSSR count). The molecule has 58 valence electrons. The van der Waals surface area contributed by atoms with Crippen molar-refractivity contribution >= 4 is 26.5 Å². The number of amides is 1. The van der Waals surface area contributed by atoms with E-state index in [4.69, 9.17) is 0 Å². The van der Waals surface area contributed by atoms with Gasteiger partial charge in [-0.2, -0.15) is 0 Å². The van der Waals surface area contributed by atoms with E-state index in [9.17, 15) is 4.79 Å². The molecule has 3 heteroatoms. The van der Waals surface area contributed by atoms with Gasteiger partial charge in [0.1, 0.15) is 0 Å². The van der Waals surface area contributed by atoms with Crippen molar-refractivity contribution in [3.05, 3.63) is 0 Å². The lowest BCUT2D eigenvalue weighted by Crippen LogP contribution is -2.34. The average Bonchev–Trinajstić information content (AvgIpc) is 2.11. The van der Waals surface area contributed by atoms with Gasteiger partial charge >= 0.3 is 0 Å². The lowest BCUT2D eigenvalue weighted by atomic mass is 10.2. The first-order chi connectivity index (χ1) is 4.63. The van der Waals surface area contributed by atoms with Crippen LogP contribution >= 0.6 is 22.6 Å². The van der Waals surface area contributed by atoms with Crippen molar-refractivity contribution < 1.29 is 4.79 Å². The molecule has 0 saturated carbocycles. The van der Waals surface area contributed by atoms with Gasteiger partial charge in [0.25, 0.3) is 3.91 Å². The van der Waals surface area contributed by atoms with E-state index in [0.29, 0.717) is 12.1 Å². The topological polar surface area (TPSA) is 20.3 Å². The largest absolute Gasteiger partial charge is 0.329 e. The third kappa shape index (κ3) is 1.44. The SMILES string of the molecule is C[C@@H]1CC[C@H](C)N1C(=O)I. The minimum atomic E-state index is 0.190. The summed E-state index contributed by atoms with van der Waals surface area (Å²) in [6, 6.07) is 0.916. The van der Waals surface area contributed by atoms with Crippen molar-refractivity contribution in [3.8, 4) is 0 Å². The second-order valence-corrected chi connectivity index (χ2v) is 3.86. The number of likely N-dealkylation sites (tertiary alicyclic amines) is 1. The number of rotatable bonds is 0. The van der Waals surface area contributed by atoms with Crippen molar-refractivity contribution in [2.75, 3.05) is 0 Å². The predicted molar refractivity (Wildman–Crippen MR) is 49.4 cm³/mol. The molecular formula is C7H12INO.